The maximum Gasteiger partial charge on any atom is 0.416 e. The van der Waals surface area contributed by atoms with E-state index >= 15 is 0 Å². The predicted molar refractivity (Wildman–Crippen MR) is 299 cm³/mol. The molecular formula is C67H41F3N4S. The van der Waals surface area contributed by atoms with Crippen LogP contribution in [-0.4, -0.2) is 15.0 Å². The molecule has 356 valence electrons. The topological polar surface area (TPSA) is 62.5 Å². The van der Waals surface area contributed by atoms with Gasteiger partial charge in [0.05, 0.1) is 17.2 Å². The third kappa shape index (κ3) is 6.92. The zero-order chi connectivity index (χ0) is 50.9. The summed E-state index contributed by atoms with van der Waals surface area (Å²) in [6.45, 7) is 6.09. The lowest BCUT2D eigenvalue weighted by atomic mass is 9.82. The molecule has 8 heteroatoms. The van der Waals surface area contributed by atoms with Crippen LogP contribution in [0.3, 0.4) is 0 Å². The molecule has 2 aromatic heterocycles. The van der Waals surface area contributed by atoms with E-state index in [9.17, 15) is 18.4 Å². The van der Waals surface area contributed by atoms with E-state index < -0.39 is 11.7 Å². The standard InChI is InChI=1S/C67H41F3N4S/c1-37-33-52-47-30-29-44(40-23-25-42(26-24-40)64-72-63(41-11-5-4-6-12-41)73-65(74-64)51-15-9-17-55-59(51)49-13-7-8-16-54(49)66(55,2)3)61-46(31-32-48(62(47)61)53(52)35-56(37)67(68,69)70)45-14-10-18-57-60(45)50-28-27-43(34-58(50)75-57)39-21-19-38(36-71)20-22-39/h4-35H,1-3H3. The second-order valence-electron chi connectivity index (χ2n) is 20.1. The van der Waals surface area contributed by atoms with Crippen molar-refractivity contribution in [3.63, 3.8) is 0 Å². The number of fused-ring (bicyclic) bond motifs is 9. The molecule has 2 aliphatic carbocycles. The summed E-state index contributed by atoms with van der Waals surface area (Å²) < 4.78 is 46.0. The van der Waals surface area contributed by atoms with Crippen molar-refractivity contribution in [2.45, 2.75) is 32.4 Å². The summed E-state index contributed by atoms with van der Waals surface area (Å²) in [4.78, 5) is 15.5. The first kappa shape index (κ1) is 44.7. The van der Waals surface area contributed by atoms with Crippen LogP contribution in [0, 0.1) is 18.3 Å². The summed E-state index contributed by atoms with van der Waals surface area (Å²) in [5, 5.41) is 13.5. The highest BCUT2D eigenvalue weighted by Gasteiger charge is 2.38. The number of benzene rings is 10. The number of thiophene rings is 1. The largest absolute Gasteiger partial charge is 0.416 e. The average molecular weight is 991 g/mol. The highest BCUT2D eigenvalue weighted by Crippen LogP contribution is 2.56. The van der Waals surface area contributed by atoms with Crippen LogP contribution in [0.2, 0.25) is 0 Å². The smallest absolute Gasteiger partial charge is 0.208 e. The Hall–Kier alpha value is -9.03. The van der Waals surface area contributed by atoms with Gasteiger partial charge >= 0.3 is 6.18 Å². The molecule has 0 fully saturated rings. The zero-order valence-electron chi connectivity index (χ0n) is 40.8. The number of halogens is 3. The lowest BCUT2D eigenvalue weighted by Crippen LogP contribution is -2.14. The fourth-order valence-corrected chi connectivity index (χ4v) is 13.1. The van der Waals surface area contributed by atoms with Gasteiger partial charge in [-0.3, -0.25) is 0 Å². The van der Waals surface area contributed by atoms with E-state index in [1.165, 1.54) is 22.8 Å². The number of rotatable bonds is 6. The minimum absolute atomic E-state index is 0.194. The van der Waals surface area contributed by atoms with Crippen molar-refractivity contribution in [3.05, 3.63) is 222 Å². The minimum Gasteiger partial charge on any atom is -0.208 e. The van der Waals surface area contributed by atoms with Crippen LogP contribution >= 0.6 is 11.3 Å². The molecule has 4 nitrogen and oxygen atoms in total. The number of hydrogen-bond acceptors (Lipinski definition) is 5. The van der Waals surface area contributed by atoms with Crippen molar-refractivity contribution >= 4 is 42.3 Å². The van der Waals surface area contributed by atoms with Gasteiger partial charge in [-0.1, -0.05) is 178 Å². The molecule has 0 N–H and O–H groups in total. The van der Waals surface area contributed by atoms with E-state index in [0.717, 1.165) is 103 Å². The zero-order valence-corrected chi connectivity index (χ0v) is 41.6. The molecule has 14 rings (SSSR count). The Morgan fingerprint density at radius 1 is 0.440 bits per heavy atom. The van der Waals surface area contributed by atoms with Gasteiger partial charge in [-0.25, -0.2) is 15.0 Å². The molecule has 75 heavy (non-hydrogen) atoms. The number of alkyl halides is 3. The third-order valence-corrected chi connectivity index (χ3v) is 16.6. The summed E-state index contributed by atoms with van der Waals surface area (Å²) in [7, 11) is 0. The Bertz CT molecular complexity index is 4430. The Kier molecular flexibility index (Phi) is 9.82. The first-order valence-electron chi connectivity index (χ1n) is 24.9. The molecule has 0 radical (unpaired) electrons. The van der Waals surface area contributed by atoms with Gasteiger partial charge in [0.1, 0.15) is 0 Å². The molecule has 0 amide bonds. The SMILES string of the molecule is Cc1cc2c(cc1C(F)(F)F)-c1ccc(-c3cccc4sc5cc(-c6ccc(C#N)cc6)ccc5c34)c3c(-c4ccc(-c5nc(-c6ccccc6)nc(-c6cccc7c6-c6ccccc6C7(C)C)n5)cc4)ccc-2c13. The van der Waals surface area contributed by atoms with Crippen molar-refractivity contribution in [1.29, 1.82) is 5.26 Å². The second kappa shape index (κ2) is 16.5. The average Bonchev–Trinajstić information content (AvgIpc) is 4.15. The Morgan fingerprint density at radius 3 is 1.72 bits per heavy atom. The van der Waals surface area contributed by atoms with Gasteiger partial charge in [0.2, 0.25) is 0 Å². The Morgan fingerprint density at radius 2 is 0.987 bits per heavy atom. The summed E-state index contributed by atoms with van der Waals surface area (Å²) in [5.74, 6) is 1.71. The van der Waals surface area contributed by atoms with E-state index in [0.29, 0.717) is 28.6 Å². The molecule has 0 saturated heterocycles. The normalized spacial score (nSPS) is 13.0. The molecule has 0 saturated carbocycles. The number of nitriles is 1. The van der Waals surface area contributed by atoms with Crippen LogP contribution in [0.4, 0.5) is 13.2 Å². The van der Waals surface area contributed by atoms with Crippen LogP contribution in [0.5, 0.6) is 0 Å². The van der Waals surface area contributed by atoms with Crippen LogP contribution in [0.1, 0.15) is 41.7 Å². The number of aromatic nitrogens is 3. The fourth-order valence-electron chi connectivity index (χ4n) is 11.9. The van der Waals surface area contributed by atoms with E-state index in [1.807, 2.05) is 60.7 Å². The Labute approximate surface area is 434 Å². The molecule has 0 aliphatic heterocycles. The molecule has 0 bridgehead atoms. The van der Waals surface area contributed by atoms with E-state index in [1.54, 1.807) is 24.3 Å². The van der Waals surface area contributed by atoms with Gasteiger partial charge in [0.25, 0.3) is 0 Å². The van der Waals surface area contributed by atoms with Crippen molar-refractivity contribution in [2.75, 3.05) is 0 Å². The van der Waals surface area contributed by atoms with Gasteiger partial charge < -0.3 is 0 Å². The quantitative estimate of drug-likeness (QED) is 0.167. The van der Waals surface area contributed by atoms with Gasteiger partial charge in [0.15, 0.2) is 17.5 Å². The minimum atomic E-state index is -4.50. The Balaban J connectivity index is 0.949. The predicted octanol–water partition coefficient (Wildman–Crippen LogP) is 18.5. The monoisotopic (exact) mass is 990 g/mol. The summed E-state index contributed by atoms with van der Waals surface area (Å²) in [5.41, 5.74) is 16.5. The van der Waals surface area contributed by atoms with Crippen LogP contribution in [0.25, 0.3) is 132 Å². The first-order chi connectivity index (χ1) is 36.4. The first-order valence-corrected chi connectivity index (χ1v) is 25.7. The number of aryl methyl sites for hydroxylation is 1. The highest BCUT2D eigenvalue weighted by atomic mass is 32.1. The van der Waals surface area contributed by atoms with Gasteiger partial charge in [-0.05, 0) is 131 Å². The van der Waals surface area contributed by atoms with Gasteiger partial charge in [0, 0.05) is 42.3 Å². The van der Waals surface area contributed by atoms with Crippen molar-refractivity contribution < 1.29 is 13.2 Å². The van der Waals surface area contributed by atoms with Crippen molar-refractivity contribution in [2.24, 2.45) is 0 Å². The maximum absolute atomic E-state index is 14.6. The van der Waals surface area contributed by atoms with Crippen LogP contribution in [-0.2, 0) is 11.6 Å². The van der Waals surface area contributed by atoms with Crippen molar-refractivity contribution in [1.82, 2.24) is 15.0 Å². The van der Waals surface area contributed by atoms with Crippen molar-refractivity contribution in [3.8, 4) is 107 Å². The molecule has 0 atom stereocenters. The number of nitrogens with zero attached hydrogens (tertiary/aromatic N) is 4. The van der Waals surface area contributed by atoms with E-state index in [2.05, 4.69) is 141 Å². The molecule has 12 aromatic rings. The summed E-state index contributed by atoms with van der Waals surface area (Å²) in [6, 6.07) is 67.5. The summed E-state index contributed by atoms with van der Waals surface area (Å²) >= 11 is 1.73. The maximum atomic E-state index is 14.6. The van der Waals surface area contributed by atoms with Crippen LogP contribution < -0.4 is 0 Å². The molecule has 0 unspecified atom stereocenters. The molecule has 10 aromatic carbocycles. The lowest BCUT2D eigenvalue weighted by molar-refractivity contribution is -0.138. The van der Waals surface area contributed by atoms with Gasteiger partial charge in [-0.15, -0.1) is 11.3 Å². The lowest BCUT2D eigenvalue weighted by Gasteiger charge is -2.21. The second-order valence-corrected chi connectivity index (χ2v) is 21.2. The molecule has 0 spiro atoms. The molecular weight excluding hydrogens is 950 g/mol. The third-order valence-electron chi connectivity index (χ3n) is 15.5. The highest BCUT2D eigenvalue weighted by molar-refractivity contribution is 7.26. The summed E-state index contributed by atoms with van der Waals surface area (Å²) in [6.07, 6.45) is -4.50. The van der Waals surface area contributed by atoms with E-state index in [-0.39, 0.29) is 11.0 Å². The fraction of sp³-hybridized carbons (Fsp3) is 0.0746. The molecule has 2 heterocycles. The number of hydrogen-bond donors (Lipinski definition) is 0. The van der Waals surface area contributed by atoms with Crippen LogP contribution in [0.15, 0.2) is 194 Å². The van der Waals surface area contributed by atoms with E-state index in [4.69, 9.17) is 15.0 Å². The van der Waals surface area contributed by atoms with Gasteiger partial charge in [-0.2, -0.15) is 18.4 Å². The molecule has 2 aliphatic rings.